The van der Waals surface area contributed by atoms with Crippen molar-refractivity contribution in [3.8, 4) is 0 Å². The highest BCUT2D eigenvalue weighted by atomic mass is 19.4. The molecule has 0 radical (unpaired) electrons. The smallest absolute Gasteiger partial charge is 0.393 e. The van der Waals surface area contributed by atoms with E-state index < -0.39 is 67.2 Å². The third kappa shape index (κ3) is 8.18. The van der Waals surface area contributed by atoms with E-state index in [0.717, 1.165) is 24.0 Å². The summed E-state index contributed by atoms with van der Waals surface area (Å²) in [5, 5.41) is 40.5. The molecule has 41 heavy (non-hydrogen) atoms. The first-order chi connectivity index (χ1) is 21.3. The lowest BCUT2D eigenvalue weighted by Gasteiger charge is -2.45. The van der Waals surface area contributed by atoms with Gasteiger partial charge in [-0.25, -0.2) is 0 Å². The van der Waals surface area contributed by atoms with E-state index in [-0.39, 0.29) is 37.2 Å². The summed E-state index contributed by atoms with van der Waals surface area (Å²) in [5.41, 5.74) is -6.58. The van der Waals surface area contributed by atoms with Crippen LogP contribution in [0.5, 0.6) is 0 Å². The van der Waals surface area contributed by atoms with E-state index in [1.165, 1.54) is 0 Å². The van der Waals surface area contributed by atoms with Crippen molar-refractivity contribution in [2.45, 2.75) is 133 Å². The number of halogens is 6. The van der Waals surface area contributed by atoms with Gasteiger partial charge in [0.15, 0.2) is 0 Å². The minimum absolute atomic E-state index is 0.0150. The summed E-state index contributed by atoms with van der Waals surface area (Å²) in [5.74, 6) is -0.858. The van der Waals surface area contributed by atoms with Crippen LogP contribution in [0.4, 0.5) is 26.3 Å². The summed E-state index contributed by atoms with van der Waals surface area (Å²) in [4.78, 5) is 0. The average Bonchev–Trinajstić information content (AvgIpc) is 3.25. The second kappa shape index (κ2) is 12.7. The SMILES string of the molecule is [2H]C([2H])([2H])C(O)(CCC[C@H](C/C=C\C(O)(C(F)(F)F)C(F)(F)F)[C@H]1CC[C@H]2/C(=C/C=C3C[C@@H](O)C[C@H](O)C3)CCC[C@]12C)C([2H])([2H])[2H]. The summed E-state index contributed by atoms with van der Waals surface area (Å²) in [7, 11) is 0. The Labute approximate surface area is 247 Å². The van der Waals surface area contributed by atoms with Crippen molar-refractivity contribution in [2.24, 2.45) is 23.2 Å². The molecule has 0 saturated heterocycles. The van der Waals surface area contributed by atoms with E-state index in [2.05, 4.69) is 0 Å². The van der Waals surface area contributed by atoms with Crippen LogP contribution in [0.25, 0.3) is 0 Å². The number of aliphatic hydroxyl groups is 4. The molecule has 4 nitrogen and oxygen atoms in total. The summed E-state index contributed by atoms with van der Waals surface area (Å²) in [6, 6.07) is 0. The molecule has 3 rings (SSSR count). The largest absolute Gasteiger partial charge is 0.429 e. The van der Waals surface area contributed by atoms with Gasteiger partial charge in [0.05, 0.1) is 17.8 Å². The van der Waals surface area contributed by atoms with Gasteiger partial charge in [-0.1, -0.05) is 42.7 Å². The first-order valence-corrected chi connectivity index (χ1v) is 14.3. The first-order valence-electron chi connectivity index (χ1n) is 17.3. The Kier molecular flexibility index (Phi) is 8.08. The Morgan fingerprint density at radius 1 is 1.00 bits per heavy atom. The van der Waals surface area contributed by atoms with Crippen LogP contribution in [0.3, 0.4) is 0 Å². The quantitative estimate of drug-likeness (QED) is 0.165. The third-order valence-corrected chi connectivity index (χ3v) is 9.46. The number of rotatable bonds is 9. The van der Waals surface area contributed by atoms with E-state index in [9.17, 15) is 46.8 Å². The number of aliphatic hydroxyl groups excluding tert-OH is 2. The summed E-state index contributed by atoms with van der Waals surface area (Å²) >= 11 is 0. The molecular formula is C31H46F6O4. The number of fused-ring (bicyclic) bond motifs is 1. The fourth-order valence-corrected chi connectivity index (χ4v) is 7.45. The lowest BCUT2D eigenvalue weighted by Crippen LogP contribution is -2.55. The molecule has 236 valence electrons. The zero-order valence-electron chi connectivity index (χ0n) is 29.2. The van der Waals surface area contributed by atoms with Crippen molar-refractivity contribution >= 4 is 0 Å². The van der Waals surface area contributed by atoms with Gasteiger partial charge in [0.1, 0.15) is 0 Å². The normalized spacial score (nSPS) is 34.8. The Morgan fingerprint density at radius 3 is 2.22 bits per heavy atom. The Morgan fingerprint density at radius 2 is 1.63 bits per heavy atom. The summed E-state index contributed by atoms with van der Waals surface area (Å²) < 4.78 is 126. The van der Waals surface area contributed by atoms with Gasteiger partial charge < -0.3 is 20.4 Å². The Balaban J connectivity index is 1.93. The second-order valence-electron chi connectivity index (χ2n) is 12.5. The third-order valence-electron chi connectivity index (χ3n) is 9.46. The molecule has 0 bridgehead atoms. The molecule has 4 N–H and O–H groups in total. The lowest BCUT2D eigenvalue weighted by atomic mass is 9.60. The number of allylic oxidation sites excluding steroid dienone is 4. The molecule has 6 atom stereocenters. The fourth-order valence-electron chi connectivity index (χ4n) is 7.45. The van der Waals surface area contributed by atoms with E-state index >= 15 is 0 Å². The average molecular weight is 603 g/mol. The molecule has 0 unspecified atom stereocenters. The van der Waals surface area contributed by atoms with Gasteiger partial charge in [0, 0.05) is 8.22 Å². The molecule has 10 heteroatoms. The van der Waals surface area contributed by atoms with Crippen molar-refractivity contribution in [3.63, 3.8) is 0 Å². The molecule has 3 aliphatic rings. The Bertz CT molecular complexity index is 1140. The molecule has 0 aromatic heterocycles. The molecule has 0 aromatic carbocycles. The maximum Gasteiger partial charge on any atom is 0.429 e. The molecule has 0 aliphatic heterocycles. The van der Waals surface area contributed by atoms with Gasteiger partial charge in [-0.3, -0.25) is 0 Å². The van der Waals surface area contributed by atoms with Crippen LogP contribution in [0.2, 0.25) is 0 Å². The highest BCUT2D eigenvalue weighted by Crippen LogP contribution is 2.60. The molecule has 0 heterocycles. The number of alkyl halides is 6. The maximum atomic E-state index is 13.4. The molecule has 0 spiro atoms. The molecule has 3 fully saturated rings. The summed E-state index contributed by atoms with van der Waals surface area (Å²) in [6.07, 6.45) is -5.73. The van der Waals surface area contributed by atoms with E-state index in [4.69, 9.17) is 8.22 Å². The minimum atomic E-state index is -6.04. The van der Waals surface area contributed by atoms with Crippen molar-refractivity contribution in [1.82, 2.24) is 0 Å². The zero-order chi connectivity index (χ0) is 35.9. The summed E-state index contributed by atoms with van der Waals surface area (Å²) in [6.45, 7) is -4.55. The zero-order valence-corrected chi connectivity index (χ0v) is 23.2. The Hall–Kier alpha value is -1.36. The monoisotopic (exact) mass is 602 g/mol. The highest BCUT2D eigenvalue weighted by Gasteiger charge is 2.69. The van der Waals surface area contributed by atoms with Crippen molar-refractivity contribution in [2.75, 3.05) is 0 Å². The second-order valence-corrected chi connectivity index (χ2v) is 12.5. The van der Waals surface area contributed by atoms with Crippen molar-refractivity contribution in [1.29, 1.82) is 0 Å². The molecule has 3 aliphatic carbocycles. The first kappa shape index (κ1) is 26.1. The number of hydrogen-bond donors (Lipinski definition) is 4. The van der Waals surface area contributed by atoms with E-state index in [0.29, 0.717) is 44.6 Å². The molecule has 3 saturated carbocycles. The van der Waals surface area contributed by atoms with Gasteiger partial charge in [0.2, 0.25) is 0 Å². The highest BCUT2D eigenvalue weighted by molar-refractivity contribution is 5.26. The molecule has 0 amide bonds. The van der Waals surface area contributed by atoms with Gasteiger partial charge >= 0.3 is 12.4 Å². The van der Waals surface area contributed by atoms with Crippen LogP contribution in [0.1, 0.15) is 106 Å². The van der Waals surface area contributed by atoms with Gasteiger partial charge in [-0.15, -0.1) is 0 Å². The topological polar surface area (TPSA) is 80.9 Å². The molecule has 0 aromatic rings. The van der Waals surface area contributed by atoms with Crippen LogP contribution in [0.15, 0.2) is 35.5 Å². The van der Waals surface area contributed by atoms with Crippen molar-refractivity contribution < 1.29 is 55.0 Å². The lowest BCUT2D eigenvalue weighted by molar-refractivity contribution is -0.347. The number of hydrogen-bond acceptors (Lipinski definition) is 4. The van der Waals surface area contributed by atoms with Crippen molar-refractivity contribution in [3.05, 3.63) is 35.5 Å². The van der Waals surface area contributed by atoms with E-state index in [1.807, 2.05) is 19.1 Å². The van der Waals surface area contributed by atoms with Gasteiger partial charge in [0.25, 0.3) is 5.60 Å². The van der Waals surface area contributed by atoms with E-state index in [1.54, 1.807) is 0 Å². The van der Waals surface area contributed by atoms with Gasteiger partial charge in [-0.05, 0) is 114 Å². The van der Waals surface area contributed by atoms with Crippen LogP contribution in [-0.4, -0.2) is 56.2 Å². The van der Waals surface area contributed by atoms with Crippen LogP contribution in [0, 0.1) is 23.2 Å². The predicted molar refractivity (Wildman–Crippen MR) is 145 cm³/mol. The van der Waals surface area contributed by atoms with Crippen LogP contribution in [-0.2, 0) is 0 Å². The maximum absolute atomic E-state index is 13.4. The van der Waals surface area contributed by atoms with Crippen LogP contribution < -0.4 is 0 Å². The predicted octanol–water partition coefficient (Wildman–Crippen LogP) is 7.32. The van der Waals surface area contributed by atoms with Gasteiger partial charge in [-0.2, -0.15) is 26.3 Å². The standard InChI is InChI=1S/C31H46F6O4/c1-27(2,40)14-4-7-21(9-6-16-29(41,30(32,33)34)31(35,36)37)25-12-13-26-22(8-5-15-28(25,26)3)11-10-20-17-23(38)19-24(39)18-20/h6,10-11,16,21,23-26,38-41H,4-5,7-9,12-15,17-19H2,1-3H3/b16-6-,22-11+/t21-,23-,24-,25-,26+,28-/m1/s1/i1D3,2D3. The minimum Gasteiger partial charge on any atom is -0.393 e. The van der Waals surface area contributed by atoms with Crippen LogP contribution >= 0.6 is 0 Å². The fraction of sp³-hybridized carbons (Fsp3) is 0.806. The molecular weight excluding hydrogens is 550 g/mol.